The zero-order valence-corrected chi connectivity index (χ0v) is 10.5. The van der Waals surface area contributed by atoms with Gasteiger partial charge in [-0.3, -0.25) is 0 Å². The lowest BCUT2D eigenvalue weighted by molar-refractivity contribution is 0.0990. The molecule has 96 valence electrons. The molecule has 19 heavy (non-hydrogen) atoms. The molecule has 0 amide bonds. The van der Waals surface area contributed by atoms with Crippen LogP contribution in [0.1, 0.15) is 12.7 Å². The maximum Gasteiger partial charge on any atom is 0.197 e. The standard InChI is InChI=1S/C14H13N3O2/c1-2-5-13(17-19-9-8-18)14-15-10-11-6-3-4-7-12(11)16-14/h3-4,6-7,10,18H,8-9H2,1H3. The van der Waals surface area contributed by atoms with Gasteiger partial charge < -0.3 is 9.94 Å². The number of rotatable bonds is 4. The highest BCUT2D eigenvalue weighted by atomic mass is 16.6. The molecule has 1 N–H and O–H groups in total. The molecule has 0 aliphatic heterocycles. The second-order valence-corrected chi connectivity index (χ2v) is 3.62. The number of aliphatic hydroxyl groups excluding tert-OH is 1. The molecule has 0 bridgehead atoms. The summed E-state index contributed by atoms with van der Waals surface area (Å²) in [6.07, 6.45) is 1.72. The smallest absolute Gasteiger partial charge is 0.197 e. The average molecular weight is 255 g/mol. The van der Waals surface area contributed by atoms with E-state index in [4.69, 9.17) is 9.94 Å². The zero-order chi connectivity index (χ0) is 13.5. The predicted molar refractivity (Wildman–Crippen MR) is 72.6 cm³/mol. The molecule has 1 heterocycles. The number of oxime groups is 1. The Labute approximate surface area is 110 Å². The predicted octanol–water partition coefficient (Wildman–Crippen LogP) is 1.37. The van der Waals surface area contributed by atoms with Gasteiger partial charge in [-0.15, -0.1) is 0 Å². The zero-order valence-electron chi connectivity index (χ0n) is 10.5. The minimum absolute atomic E-state index is 0.102. The number of benzene rings is 1. The van der Waals surface area contributed by atoms with E-state index < -0.39 is 0 Å². The maximum absolute atomic E-state index is 8.66. The van der Waals surface area contributed by atoms with Gasteiger partial charge in [0, 0.05) is 11.6 Å². The number of para-hydroxylation sites is 1. The van der Waals surface area contributed by atoms with E-state index in [-0.39, 0.29) is 13.2 Å². The Kier molecular flexibility index (Phi) is 4.43. The van der Waals surface area contributed by atoms with Gasteiger partial charge in [0.05, 0.1) is 12.1 Å². The van der Waals surface area contributed by atoms with E-state index in [1.807, 2.05) is 24.3 Å². The third-order valence-electron chi connectivity index (χ3n) is 2.28. The van der Waals surface area contributed by atoms with Crippen LogP contribution in [-0.4, -0.2) is 34.0 Å². The highest BCUT2D eigenvalue weighted by Gasteiger charge is 2.06. The fourth-order valence-electron chi connectivity index (χ4n) is 1.48. The molecule has 5 heteroatoms. The van der Waals surface area contributed by atoms with Crippen molar-refractivity contribution >= 4 is 16.6 Å². The van der Waals surface area contributed by atoms with Gasteiger partial charge in [-0.05, 0) is 18.9 Å². The van der Waals surface area contributed by atoms with Gasteiger partial charge >= 0.3 is 0 Å². The number of fused-ring (bicyclic) bond motifs is 1. The summed E-state index contributed by atoms with van der Waals surface area (Å²) >= 11 is 0. The third-order valence-corrected chi connectivity index (χ3v) is 2.28. The van der Waals surface area contributed by atoms with Gasteiger partial charge in [0.15, 0.2) is 11.5 Å². The fraction of sp³-hybridized carbons (Fsp3) is 0.214. The second kappa shape index (κ2) is 6.47. The van der Waals surface area contributed by atoms with E-state index in [1.54, 1.807) is 13.1 Å². The normalized spacial score (nSPS) is 10.9. The van der Waals surface area contributed by atoms with Gasteiger partial charge in [0.2, 0.25) is 0 Å². The highest BCUT2D eigenvalue weighted by molar-refractivity contribution is 6.10. The van der Waals surface area contributed by atoms with Crippen molar-refractivity contribution in [3.63, 3.8) is 0 Å². The van der Waals surface area contributed by atoms with Crippen LogP contribution in [0.25, 0.3) is 10.9 Å². The SMILES string of the molecule is CC#CC(=NOCCO)c1ncc2ccccc2n1. The average Bonchev–Trinajstić information content (AvgIpc) is 2.46. The van der Waals surface area contributed by atoms with Gasteiger partial charge in [0.1, 0.15) is 6.61 Å². The van der Waals surface area contributed by atoms with E-state index >= 15 is 0 Å². The molecule has 1 aromatic heterocycles. The first-order valence-corrected chi connectivity index (χ1v) is 5.81. The first-order valence-electron chi connectivity index (χ1n) is 5.81. The second-order valence-electron chi connectivity index (χ2n) is 3.62. The maximum atomic E-state index is 8.66. The Bertz CT molecular complexity index is 656. The van der Waals surface area contributed by atoms with E-state index in [0.717, 1.165) is 10.9 Å². The summed E-state index contributed by atoms with van der Waals surface area (Å²) < 4.78 is 0. The van der Waals surface area contributed by atoms with Crippen LogP contribution in [0.4, 0.5) is 0 Å². The molecule has 1 aromatic carbocycles. The molecule has 5 nitrogen and oxygen atoms in total. The van der Waals surface area contributed by atoms with Crippen molar-refractivity contribution in [3.05, 3.63) is 36.3 Å². The van der Waals surface area contributed by atoms with Crippen molar-refractivity contribution in [2.45, 2.75) is 6.92 Å². The van der Waals surface area contributed by atoms with Crippen molar-refractivity contribution in [2.24, 2.45) is 5.16 Å². The Morgan fingerprint density at radius 3 is 3.05 bits per heavy atom. The summed E-state index contributed by atoms with van der Waals surface area (Å²) in [5, 5.41) is 13.4. The molecule has 0 unspecified atom stereocenters. The molecular weight excluding hydrogens is 242 g/mol. The molecule has 2 rings (SSSR count). The van der Waals surface area contributed by atoms with Gasteiger partial charge in [0.25, 0.3) is 0 Å². The van der Waals surface area contributed by atoms with Crippen LogP contribution in [-0.2, 0) is 4.84 Å². The highest BCUT2D eigenvalue weighted by Crippen LogP contribution is 2.09. The van der Waals surface area contributed by atoms with E-state index in [2.05, 4.69) is 27.0 Å². The van der Waals surface area contributed by atoms with Crippen LogP contribution < -0.4 is 0 Å². The number of aliphatic hydroxyl groups is 1. The number of aromatic nitrogens is 2. The molecule has 0 saturated carbocycles. The van der Waals surface area contributed by atoms with Crippen LogP contribution in [0.5, 0.6) is 0 Å². The van der Waals surface area contributed by atoms with E-state index in [0.29, 0.717) is 11.5 Å². The molecule has 0 aliphatic carbocycles. The summed E-state index contributed by atoms with van der Waals surface area (Å²) in [5.41, 5.74) is 1.17. The van der Waals surface area contributed by atoms with Crippen LogP contribution in [0.15, 0.2) is 35.6 Å². The van der Waals surface area contributed by atoms with Crippen molar-refractivity contribution in [1.82, 2.24) is 9.97 Å². The lowest BCUT2D eigenvalue weighted by Gasteiger charge is -2.01. The van der Waals surface area contributed by atoms with E-state index in [9.17, 15) is 0 Å². The topological polar surface area (TPSA) is 67.6 Å². The number of hydrogen-bond acceptors (Lipinski definition) is 5. The minimum atomic E-state index is -0.102. The summed E-state index contributed by atoms with van der Waals surface area (Å²) in [7, 11) is 0. The number of hydrogen-bond donors (Lipinski definition) is 1. The Morgan fingerprint density at radius 1 is 1.42 bits per heavy atom. The summed E-state index contributed by atoms with van der Waals surface area (Å²) in [5.74, 6) is 5.94. The quantitative estimate of drug-likeness (QED) is 0.388. The molecule has 0 radical (unpaired) electrons. The molecule has 0 aliphatic rings. The van der Waals surface area contributed by atoms with Crippen molar-refractivity contribution in [1.29, 1.82) is 0 Å². The lowest BCUT2D eigenvalue weighted by atomic mass is 10.2. The van der Waals surface area contributed by atoms with Gasteiger partial charge in [-0.1, -0.05) is 29.3 Å². The van der Waals surface area contributed by atoms with Gasteiger partial charge in [-0.2, -0.15) is 0 Å². The lowest BCUT2D eigenvalue weighted by Crippen LogP contribution is -2.06. The largest absolute Gasteiger partial charge is 0.393 e. The first-order chi connectivity index (χ1) is 9.35. The summed E-state index contributed by atoms with van der Waals surface area (Å²) in [4.78, 5) is 13.5. The van der Waals surface area contributed by atoms with Gasteiger partial charge in [-0.25, -0.2) is 9.97 Å². The molecule has 0 spiro atoms. The van der Waals surface area contributed by atoms with Crippen molar-refractivity contribution in [2.75, 3.05) is 13.2 Å². The van der Waals surface area contributed by atoms with Crippen LogP contribution in [0.2, 0.25) is 0 Å². The van der Waals surface area contributed by atoms with E-state index in [1.165, 1.54) is 0 Å². The summed E-state index contributed by atoms with van der Waals surface area (Å²) in [6.45, 7) is 1.71. The molecular formula is C14H13N3O2. The van der Waals surface area contributed by atoms with Crippen LogP contribution in [0.3, 0.4) is 0 Å². The Morgan fingerprint density at radius 2 is 2.26 bits per heavy atom. The van der Waals surface area contributed by atoms with Crippen LogP contribution in [0, 0.1) is 11.8 Å². The Hall–Kier alpha value is -2.45. The Balaban J connectivity index is 2.37. The van der Waals surface area contributed by atoms with Crippen molar-refractivity contribution in [3.8, 4) is 11.8 Å². The minimum Gasteiger partial charge on any atom is -0.393 e. The monoisotopic (exact) mass is 255 g/mol. The van der Waals surface area contributed by atoms with Crippen molar-refractivity contribution < 1.29 is 9.94 Å². The number of nitrogens with zero attached hydrogens (tertiary/aromatic N) is 3. The van der Waals surface area contributed by atoms with Crippen LogP contribution >= 0.6 is 0 Å². The first kappa shape index (κ1) is 13.0. The molecule has 0 atom stereocenters. The molecule has 2 aromatic rings. The molecule has 0 saturated heterocycles. The molecule has 0 fully saturated rings. The fourth-order valence-corrected chi connectivity index (χ4v) is 1.48. The third kappa shape index (κ3) is 3.27. The summed E-state index contributed by atoms with van der Waals surface area (Å²) in [6, 6.07) is 7.66.